The average molecular weight is 527 g/mol. The van der Waals surface area contributed by atoms with Crippen molar-refractivity contribution in [1.29, 1.82) is 0 Å². The molecule has 0 saturated carbocycles. The normalized spacial score (nSPS) is 12.0. The van der Waals surface area contributed by atoms with Crippen LogP contribution in [0.3, 0.4) is 0 Å². The van der Waals surface area contributed by atoms with Gasteiger partial charge in [0.15, 0.2) is 5.96 Å². The Kier molecular flexibility index (Phi) is 11.3. The molecule has 0 aliphatic carbocycles. The van der Waals surface area contributed by atoms with Gasteiger partial charge in [0.05, 0.1) is 6.04 Å². The Balaban J connectivity index is 0.00000450. The van der Waals surface area contributed by atoms with Gasteiger partial charge in [0.25, 0.3) is 0 Å². The number of rotatable bonds is 8. The lowest BCUT2D eigenvalue weighted by Crippen LogP contribution is -2.40. The number of halogens is 2. The second-order valence-corrected chi connectivity index (χ2v) is 6.96. The minimum absolute atomic E-state index is 0. The van der Waals surface area contributed by atoms with Crippen LogP contribution < -0.4 is 10.6 Å². The number of hydrogen-bond donors (Lipinski definition) is 2. The molecule has 1 aromatic carbocycles. The molecular weight excluding hydrogens is 496 g/mol. The van der Waals surface area contributed by atoms with Gasteiger partial charge in [-0.25, -0.2) is 9.38 Å². The summed E-state index contributed by atoms with van der Waals surface area (Å²) in [6.07, 6.45) is 2.44. The van der Waals surface area contributed by atoms with E-state index in [1.54, 1.807) is 31.1 Å². The van der Waals surface area contributed by atoms with E-state index >= 15 is 0 Å². The lowest BCUT2D eigenvalue weighted by molar-refractivity contribution is -0.128. The van der Waals surface area contributed by atoms with Crippen LogP contribution in [0.4, 0.5) is 4.39 Å². The van der Waals surface area contributed by atoms with E-state index in [4.69, 9.17) is 0 Å². The number of benzene rings is 1. The zero-order valence-corrected chi connectivity index (χ0v) is 20.3. The summed E-state index contributed by atoms with van der Waals surface area (Å²) in [5, 5.41) is 6.35. The number of carbonyl (C=O) groups excluding carboxylic acids is 1. The minimum Gasteiger partial charge on any atom is -0.357 e. The number of likely N-dealkylation sites (N-methyl/N-ethyl adjacent to an activating group) is 1. The van der Waals surface area contributed by atoms with Gasteiger partial charge in [0.1, 0.15) is 12.4 Å². The molecule has 2 rings (SSSR count). The summed E-state index contributed by atoms with van der Waals surface area (Å²) in [7, 11) is 1.76. The van der Waals surface area contributed by atoms with E-state index in [9.17, 15) is 9.18 Å². The van der Waals surface area contributed by atoms with Crippen molar-refractivity contribution in [3.05, 3.63) is 65.2 Å². The van der Waals surface area contributed by atoms with E-state index < -0.39 is 0 Å². The van der Waals surface area contributed by atoms with E-state index in [1.165, 1.54) is 6.07 Å². The van der Waals surface area contributed by atoms with Gasteiger partial charge >= 0.3 is 0 Å². The number of pyridine rings is 1. The van der Waals surface area contributed by atoms with Crippen molar-refractivity contribution >= 4 is 35.8 Å². The highest BCUT2D eigenvalue weighted by Crippen LogP contribution is 2.16. The number of aryl methyl sites for hydroxylation is 1. The van der Waals surface area contributed by atoms with Crippen LogP contribution >= 0.6 is 24.0 Å². The van der Waals surface area contributed by atoms with Crippen molar-refractivity contribution in [2.45, 2.75) is 33.2 Å². The number of nitrogens with zero attached hydrogens (tertiary/aromatic N) is 3. The van der Waals surface area contributed by atoms with Gasteiger partial charge in [-0.05, 0) is 50.1 Å². The number of guanidine groups is 1. The quantitative estimate of drug-likeness (QED) is 0.314. The maximum absolute atomic E-state index is 13.8. The summed E-state index contributed by atoms with van der Waals surface area (Å²) in [5.41, 5.74) is 2.38. The first kappa shape index (κ1) is 25.8. The highest BCUT2D eigenvalue weighted by atomic mass is 127. The molecule has 164 valence electrons. The number of aromatic nitrogens is 1. The summed E-state index contributed by atoms with van der Waals surface area (Å²) in [4.78, 5) is 22.7. The maximum Gasteiger partial charge on any atom is 0.244 e. The molecule has 0 aliphatic rings. The third-order valence-corrected chi connectivity index (χ3v) is 4.62. The minimum atomic E-state index is -0.234. The highest BCUT2D eigenvalue weighted by molar-refractivity contribution is 14.0. The predicted octanol–water partition coefficient (Wildman–Crippen LogP) is 3.46. The molecule has 8 heteroatoms. The van der Waals surface area contributed by atoms with Crippen LogP contribution in [-0.4, -0.2) is 48.4 Å². The molecule has 1 atom stereocenters. The second kappa shape index (κ2) is 13.1. The average Bonchev–Trinajstić information content (AvgIpc) is 2.72. The number of amides is 1. The predicted molar refractivity (Wildman–Crippen MR) is 130 cm³/mol. The SMILES string of the molecule is CCNC(=NCC(=O)N(C)CCc1ccccn1)NC(C)c1ccc(C)c(F)c1.I. The molecule has 1 unspecified atom stereocenters. The summed E-state index contributed by atoms with van der Waals surface area (Å²) < 4.78 is 13.8. The molecule has 2 N–H and O–H groups in total. The van der Waals surface area contributed by atoms with Crippen LogP contribution in [0.5, 0.6) is 0 Å². The number of carbonyl (C=O) groups is 1. The van der Waals surface area contributed by atoms with Crippen molar-refractivity contribution in [3.63, 3.8) is 0 Å². The van der Waals surface area contributed by atoms with Crippen molar-refractivity contribution in [2.24, 2.45) is 4.99 Å². The first-order chi connectivity index (χ1) is 13.9. The van der Waals surface area contributed by atoms with Crippen LogP contribution in [0.25, 0.3) is 0 Å². The van der Waals surface area contributed by atoms with E-state index in [0.29, 0.717) is 31.0 Å². The Morgan fingerprint density at radius 2 is 2.07 bits per heavy atom. The van der Waals surface area contributed by atoms with Crippen LogP contribution in [0.1, 0.15) is 36.7 Å². The van der Waals surface area contributed by atoms with Gasteiger partial charge in [-0.15, -0.1) is 24.0 Å². The Morgan fingerprint density at radius 3 is 2.70 bits per heavy atom. The van der Waals surface area contributed by atoms with Crippen LogP contribution in [-0.2, 0) is 11.2 Å². The van der Waals surface area contributed by atoms with Crippen LogP contribution in [0, 0.1) is 12.7 Å². The van der Waals surface area contributed by atoms with E-state index in [1.807, 2.05) is 38.1 Å². The van der Waals surface area contributed by atoms with Gasteiger partial charge in [-0.2, -0.15) is 0 Å². The van der Waals surface area contributed by atoms with E-state index in [-0.39, 0.29) is 48.3 Å². The zero-order chi connectivity index (χ0) is 21.2. The first-order valence-corrected chi connectivity index (χ1v) is 9.85. The molecule has 1 aromatic heterocycles. The molecule has 0 saturated heterocycles. The molecular formula is C22H31FIN5O. The van der Waals surface area contributed by atoms with Crippen molar-refractivity contribution < 1.29 is 9.18 Å². The summed E-state index contributed by atoms with van der Waals surface area (Å²) in [5.74, 6) is 0.211. The molecule has 1 amide bonds. The lowest BCUT2D eigenvalue weighted by atomic mass is 10.1. The third kappa shape index (κ3) is 8.25. The Morgan fingerprint density at radius 1 is 1.30 bits per heavy atom. The zero-order valence-electron chi connectivity index (χ0n) is 18.0. The molecule has 0 fully saturated rings. The number of aliphatic imine (C=N–C) groups is 1. The topological polar surface area (TPSA) is 69.6 Å². The Labute approximate surface area is 195 Å². The summed E-state index contributed by atoms with van der Waals surface area (Å²) >= 11 is 0. The van der Waals surface area contributed by atoms with Crippen molar-refractivity contribution in [1.82, 2.24) is 20.5 Å². The lowest BCUT2D eigenvalue weighted by Gasteiger charge is -2.19. The summed E-state index contributed by atoms with van der Waals surface area (Å²) in [6, 6.07) is 10.8. The van der Waals surface area contributed by atoms with Gasteiger partial charge < -0.3 is 15.5 Å². The standard InChI is InChI=1S/C22H30FN5O.HI/c1-5-24-22(27-17(3)18-10-9-16(2)20(23)14-18)26-15-21(29)28(4)13-11-19-8-6-7-12-25-19;/h6-10,12,14,17H,5,11,13,15H2,1-4H3,(H2,24,26,27);1H. The molecule has 6 nitrogen and oxygen atoms in total. The highest BCUT2D eigenvalue weighted by Gasteiger charge is 2.12. The number of hydrogen-bond acceptors (Lipinski definition) is 3. The van der Waals surface area contributed by atoms with Crippen LogP contribution in [0.2, 0.25) is 0 Å². The smallest absolute Gasteiger partial charge is 0.244 e. The second-order valence-electron chi connectivity index (χ2n) is 6.96. The fourth-order valence-corrected chi connectivity index (χ4v) is 2.71. The fourth-order valence-electron chi connectivity index (χ4n) is 2.71. The van der Waals surface area contributed by atoms with E-state index in [2.05, 4.69) is 20.6 Å². The molecule has 0 aliphatic heterocycles. The van der Waals surface area contributed by atoms with Crippen LogP contribution in [0.15, 0.2) is 47.6 Å². The maximum atomic E-state index is 13.8. The van der Waals surface area contributed by atoms with E-state index in [0.717, 1.165) is 11.3 Å². The van der Waals surface area contributed by atoms with Gasteiger partial charge in [-0.3, -0.25) is 9.78 Å². The monoisotopic (exact) mass is 527 g/mol. The molecule has 1 heterocycles. The first-order valence-electron chi connectivity index (χ1n) is 9.85. The fraction of sp³-hybridized carbons (Fsp3) is 0.409. The largest absolute Gasteiger partial charge is 0.357 e. The van der Waals surface area contributed by atoms with Crippen molar-refractivity contribution in [3.8, 4) is 0 Å². The van der Waals surface area contributed by atoms with Gasteiger partial charge in [0, 0.05) is 38.4 Å². The molecule has 2 aromatic rings. The van der Waals surface area contributed by atoms with Gasteiger partial charge in [0.2, 0.25) is 5.91 Å². The molecule has 0 radical (unpaired) electrons. The number of nitrogens with one attached hydrogen (secondary N) is 2. The van der Waals surface area contributed by atoms with Crippen molar-refractivity contribution in [2.75, 3.05) is 26.7 Å². The third-order valence-electron chi connectivity index (χ3n) is 4.62. The summed E-state index contributed by atoms with van der Waals surface area (Å²) in [6.45, 7) is 6.88. The Bertz CT molecular complexity index is 832. The Hall–Kier alpha value is -2.23. The molecule has 0 bridgehead atoms. The molecule has 0 spiro atoms. The molecule has 30 heavy (non-hydrogen) atoms. The van der Waals surface area contributed by atoms with Gasteiger partial charge in [-0.1, -0.05) is 18.2 Å².